The largest absolute Gasteiger partial charge is 0.478 e. The van der Waals surface area contributed by atoms with Gasteiger partial charge >= 0.3 is 5.97 Å². The minimum Gasteiger partial charge on any atom is -0.478 e. The summed E-state index contributed by atoms with van der Waals surface area (Å²) >= 11 is 0. The molecule has 0 bridgehead atoms. The number of pyridine rings is 1. The maximum Gasteiger partial charge on any atom is 0.349 e. The van der Waals surface area contributed by atoms with Crippen molar-refractivity contribution < 1.29 is 14.6 Å². The highest BCUT2D eigenvalue weighted by Gasteiger charge is 2.24. The van der Waals surface area contributed by atoms with Crippen LogP contribution in [0.15, 0.2) is 54.6 Å². The molecule has 2 aromatic heterocycles. The van der Waals surface area contributed by atoms with Crippen LogP contribution in [0.25, 0.3) is 11.2 Å². The first kappa shape index (κ1) is 23.5. The third kappa shape index (κ3) is 4.67. The molecular weight excluding hydrogens is 426 g/mol. The summed E-state index contributed by atoms with van der Waals surface area (Å²) in [6.07, 6.45) is -0.256. The molecule has 0 amide bonds. The Morgan fingerprint density at radius 1 is 1.06 bits per heavy atom. The highest BCUT2D eigenvalue weighted by atomic mass is 16.5. The summed E-state index contributed by atoms with van der Waals surface area (Å²) in [5, 5.41) is 9.80. The van der Waals surface area contributed by atoms with Crippen LogP contribution in [0.4, 0.5) is 0 Å². The molecule has 1 N–H and O–H groups in total. The zero-order valence-corrected chi connectivity index (χ0v) is 20.4. The highest BCUT2D eigenvalue weighted by Crippen LogP contribution is 2.32. The van der Waals surface area contributed by atoms with Gasteiger partial charge in [-0.25, -0.2) is 14.8 Å². The van der Waals surface area contributed by atoms with E-state index in [9.17, 15) is 9.90 Å². The molecule has 1 atom stereocenters. The number of carbonyl (C=O) groups is 1. The summed E-state index contributed by atoms with van der Waals surface area (Å²) in [6, 6.07) is 17.1. The van der Waals surface area contributed by atoms with Gasteiger partial charge in [-0.1, -0.05) is 63.2 Å². The molecule has 1 unspecified atom stereocenters. The Morgan fingerprint density at radius 2 is 1.79 bits per heavy atom. The first-order valence-corrected chi connectivity index (χ1v) is 11.7. The minimum absolute atomic E-state index is 0.160. The fourth-order valence-electron chi connectivity index (χ4n) is 4.34. The molecule has 0 fully saturated rings. The number of carboxylic acid groups (broad SMARTS) is 1. The van der Waals surface area contributed by atoms with Crippen molar-refractivity contribution in [1.82, 2.24) is 14.5 Å². The fourth-order valence-corrected chi connectivity index (χ4v) is 4.34. The summed E-state index contributed by atoms with van der Waals surface area (Å²) in [4.78, 5) is 21.6. The zero-order chi connectivity index (χ0) is 24.4. The summed E-state index contributed by atoms with van der Waals surface area (Å²) in [7, 11) is 0. The average molecular weight is 458 g/mol. The molecule has 34 heavy (non-hydrogen) atoms. The summed E-state index contributed by atoms with van der Waals surface area (Å²) < 4.78 is 8.24. The molecule has 0 radical (unpaired) electrons. The maximum atomic E-state index is 12.0. The fraction of sp³-hybridized carbons (Fsp3) is 0.321. The molecule has 0 spiro atoms. The molecule has 0 aliphatic heterocycles. The predicted molar refractivity (Wildman–Crippen MR) is 133 cm³/mol. The second-order valence-corrected chi connectivity index (χ2v) is 8.99. The Labute approximate surface area is 200 Å². The number of hydrogen-bond donors (Lipinski definition) is 1. The average Bonchev–Trinajstić information content (AvgIpc) is 3.16. The number of imidazole rings is 1. The molecular formula is C28H31N3O3. The molecule has 0 saturated carbocycles. The lowest BCUT2D eigenvalue weighted by Crippen LogP contribution is -2.19. The molecule has 6 nitrogen and oxygen atoms in total. The van der Waals surface area contributed by atoms with Gasteiger partial charge < -0.3 is 14.4 Å². The Balaban J connectivity index is 1.71. The second kappa shape index (κ2) is 9.67. The van der Waals surface area contributed by atoms with E-state index in [0.29, 0.717) is 17.9 Å². The third-order valence-corrected chi connectivity index (χ3v) is 6.03. The second-order valence-electron chi connectivity index (χ2n) is 8.99. The van der Waals surface area contributed by atoms with Crippen LogP contribution in [0.5, 0.6) is 5.75 Å². The van der Waals surface area contributed by atoms with Gasteiger partial charge in [-0.2, -0.15) is 0 Å². The van der Waals surface area contributed by atoms with E-state index < -0.39 is 12.1 Å². The van der Waals surface area contributed by atoms with Crippen molar-refractivity contribution in [2.45, 2.75) is 59.6 Å². The van der Waals surface area contributed by atoms with Crippen molar-refractivity contribution in [1.29, 1.82) is 0 Å². The Hall–Kier alpha value is -3.67. The molecule has 0 aliphatic carbocycles. The number of nitrogens with zero attached hydrogens (tertiary/aromatic N) is 3. The number of carboxylic acids is 1. The Kier molecular flexibility index (Phi) is 6.68. The van der Waals surface area contributed by atoms with Gasteiger partial charge in [0.1, 0.15) is 17.1 Å². The summed E-state index contributed by atoms with van der Waals surface area (Å²) in [5.41, 5.74) is 6.63. The van der Waals surface area contributed by atoms with Gasteiger partial charge in [-0.05, 0) is 48.6 Å². The topological polar surface area (TPSA) is 77.2 Å². The van der Waals surface area contributed by atoms with Crippen molar-refractivity contribution in [2.75, 3.05) is 0 Å². The van der Waals surface area contributed by atoms with E-state index in [0.717, 1.165) is 45.8 Å². The third-order valence-electron chi connectivity index (χ3n) is 6.03. The molecule has 4 aromatic rings. The lowest BCUT2D eigenvalue weighted by atomic mass is 9.99. The van der Waals surface area contributed by atoms with E-state index in [2.05, 4.69) is 44.4 Å². The van der Waals surface area contributed by atoms with Crippen LogP contribution < -0.4 is 4.74 Å². The normalized spacial score (nSPS) is 12.3. The van der Waals surface area contributed by atoms with Crippen LogP contribution in [0.3, 0.4) is 0 Å². The summed E-state index contributed by atoms with van der Waals surface area (Å²) in [5.74, 6) is 0.732. The molecule has 0 saturated heterocycles. The Bertz CT molecular complexity index is 1330. The highest BCUT2D eigenvalue weighted by molar-refractivity contribution is 5.76. The van der Waals surface area contributed by atoms with E-state index in [1.165, 1.54) is 0 Å². The number of fused-ring (bicyclic) bond motifs is 1. The van der Waals surface area contributed by atoms with E-state index in [1.54, 1.807) is 12.1 Å². The van der Waals surface area contributed by atoms with E-state index >= 15 is 0 Å². The standard InChI is InChI=1S/C28H31N3O3/c1-6-24-30-25-18(4)14-19(5)29-27(25)31(24)16-20-12-13-23(22(15-20)17(2)3)34-26(28(32)33)21-10-8-7-9-11-21/h7-15,17,26H,6,16H2,1-5H3,(H,32,33). The molecule has 4 rings (SSSR count). The maximum absolute atomic E-state index is 12.0. The number of hydrogen-bond acceptors (Lipinski definition) is 4. The minimum atomic E-state index is -1.07. The van der Waals surface area contributed by atoms with Gasteiger partial charge in [0.25, 0.3) is 0 Å². The van der Waals surface area contributed by atoms with Gasteiger partial charge in [0.05, 0.1) is 6.54 Å². The van der Waals surface area contributed by atoms with Crippen LogP contribution >= 0.6 is 0 Å². The zero-order valence-electron chi connectivity index (χ0n) is 20.4. The summed E-state index contributed by atoms with van der Waals surface area (Å²) in [6.45, 7) is 11.0. The van der Waals surface area contributed by atoms with Crippen LogP contribution in [0, 0.1) is 13.8 Å². The van der Waals surface area contributed by atoms with Crippen molar-refractivity contribution in [2.24, 2.45) is 0 Å². The van der Waals surface area contributed by atoms with Crippen molar-refractivity contribution >= 4 is 17.1 Å². The van der Waals surface area contributed by atoms with Crippen LogP contribution in [0.1, 0.15) is 66.6 Å². The van der Waals surface area contributed by atoms with E-state index in [1.807, 2.05) is 37.3 Å². The number of rotatable bonds is 8. The van der Waals surface area contributed by atoms with Gasteiger partial charge in [-0.15, -0.1) is 0 Å². The molecule has 2 heterocycles. The van der Waals surface area contributed by atoms with Gasteiger partial charge in [-0.3, -0.25) is 0 Å². The molecule has 176 valence electrons. The smallest absolute Gasteiger partial charge is 0.349 e. The predicted octanol–water partition coefficient (Wildman–Crippen LogP) is 5.99. The number of aliphatic carboxylic acids is 1. The van der Waals surface area contributed by atoms with Crippen LogP contribution in [-0.4, -0.2) is 25.6 Å². The Morgan fingerprint density at radius 3 is 2.44 bits per heavy atom. The van der Waals surface area contributed by atoms with Gasteiger partial charge in [0.2, 0.25) is 6.10 Å². The molecule has 6 heteroatoms. The first-order chi connectivity index (χ1) is 16.3. The van der Waals surface area contributed by atoms with Crippen LogP contribution in [-0.2, 0) is 17.8 Å². The molecule has 0 aliphatic rings. The number of aryl methyl sites for hydroxylation is 3. The van der Waals surface area contributed by atoms with Gasteiger partial charge in [0, 0.05) is 17.7 Å². The molecule has 2 aromatic carbocycles. The lowest BCUT2D eigenvalue weighted by molar-refractivity contribution is -0.145. The SMILES string of the molecule is CCc1nc2c(C)cc(C)nc2n1Cc1ccc(OC(C(=O)O)c2ccccc2)c(C(C)C)c1. The van der Waals surface area contributed by atoms with Crippen molar-refractivity contribution in [3.63, 3.8) is 0 Å². The number of benzene rings is 2. The quantitative estimate of drug-likeness (QED) is 0.352. The van der Waals surface area contributed by atoms with E-state index in [4.69, 9.17) is 14.7 Å². The first-order valence-electron chi connectivity index (χ1n) is 11.7. The van der Waals surface area contributed by atoms with Crippen molar-refractivity contribution in [3.05, 3.63) is 88.4 Å². The monoisotopic (exact) mass is 457 g/mol. The number of aromatic nitrogens is 3. The lowest BCUT2D eigenvalue weighted by Gasteiger charge is -2.20. The van der Waals surface area contributed by atoms with Crippen LogP contribution in [0.2, 0.25) is 0 Å². The van der Waals surface area contributed by atoms with E-state index in [-0.39, 0.29) is 5.92 Å². The number of ether oxygens (including phenoxy) is 1. The van der Waals surface area contributed by atoms with Crippen molar-refractivity contribution in [3.8, 4) is 5.75 Å². The van der Waals surface area contributed by atoms with Gasteiger partial charge in [0.15, 0.2) is 5.65 Å².